The minimum absolute atomic E-state index is 0.207. The van der Waals surface area contributed by atoms with Crippen LogP contribution in [0.2, 0.25) is 0 Å². The minimum Gasteiger partial charge on any atom is -0.381 e. The molecule has 2 rings (SSSR count). The van der Waals surface area contributed by atoms with Crippen LogP contribution in [0.15, 0.2) is 35.3 Å². The molecule has 4 N–H and O–H groups in total. The van der Waals surface area contributed by atoms with E-state index in [1.807, 2.05) is 30.3 Å². The summed E-state index contributed by atoms with van der Waals surface area (Å²) < 4.78 is 5.39. The van der Waals surface area contributed by atoms with Crippen LogP contribution >= 0.6 is 0 Å². The van der Waals surface area contributed by atoms with Gasteiger partial charge < -0.3 is 10.1 Å². The summed E-state index contributed by atoms with van der Waals surface area (Å²) >= 11 is 0. The Morgan fingerprint density at radius 3 is 2.63 bits per heavy atom. The molecular weight excluding hydrogens is 240 g/mol. The molecule has 1 aromatic rings. The van der Waals surface area contributed by atoms with E-state index in [9.17, 15) is 0 Å². The molecule has 0 unspecified atom stereocenters. The van der Waals surface area contributed by atoms with Crippen LogP contribution in [0.3, 0.4) is 0 Å². The van der Waals surface area contributed by atoms with Gasteiger partial charge in [0, 0.05) is 25.4 Å². The van der Waals surface area contributed by atoms with Gasteiger partial charge in [-0.2, -0.15) is 0 Å². The fourth-order valence-corrected chi connectivity index (χ4v) is 2.07. The predicted molar refractivity (Wildman–Crippen MR) is 77.8 cm³/mol. The molecular formula is C14H22N4O. The molecule has 0 amide bonds. The van der Waals surface area contributed by atoms with Crippen molar-refractivity contribution < 1.29 is 4.74 Å². The number of nitrogens with zero attached hydrogens (tertiary/aromatic N) is 1. The standard InChI is InChI=1S/C14H22N4O/c1-14(7-9-19-10-8-14)11-16-13(18-15)17-12-5-3-2-4-6-12/h2-6H,7-11,15H2,1H3,(H2,16,17,18). The highest BCUT2D eigenvalue weighted by molar-refractivity contribution is 5.93. The number of anilines is 1. The summed E-state index contributed by atoms with van der Waals surface area (Å²) in [5.41, 5.74) is 3.79. The second-order valence-corrected chi connectivity index (χ2v) is 5.22. The van der Waals surface area contributed by atoms with E-state index in [4.69, 9.17) is 10.6 Å². The highest BCUT2D eigenvalue weighted by Gasteiger charge is 2.27. The Labute approximate surface area is 114 Å². The molecule has 1 aliphatic heterocycles. The van der Waals surface area contributed by atoms with Crippen LogP contribution in [0, 0.1) is 5.41 Å². The Balaban J connectivity index is 1.95. The van der Waals surface area contributed by atoms with Crippen LogP contribution in [0.5, 0.6) is 0 Å². The number of ether oxygens (including phenoxy) is 1. The molecule has 0 aromatic heterocycles. The molecule has 0 spiro atoms. The number of hydrazine groups is 1. The number of guanidine groups is 1. The molecule has 1 heterocycles. The molecule has 0 atom stereocenters. The highest BCUT2D eigenvalue weighted by Crippen LogP contribution is 2.29. The Hall–Kier alpha value is -1.59. The Kier molecular flexibility index (Phi) is 4.76. The van der Waals surface area contributed by atoms with Gasteiger partial charge in [0.1, 0.15) is 0 Å². The summed E-state index contributed by atoms with van der Waals surface area (Å²) in [6.07, 6.45) is 2.08. The number of nitrogens with one attached hydrogen (secondary N) is 2. The van der Waals surface area contributed by atoms with Crippen LogP contribution < -0.4 is 16.6 Å². The number of para-hydroxylation sites is 1. The third-order valence-corrected chi connectivity index (χ3v) is 3.49. The number of nitrogens with two attached hydrogens (primary N) is 1. The van der Waals surface area contributed by atoms with Gasteiger partial charge in [0.25, 0.3) is 0 Å². The Morgan fingerprint density at radius 2 is 2.00 bits per heavy atom. The normalized spacial score (nSPS) is 18.9. The molecule has 1 aliphatic rings. The summed E-state index contributed by atoms with van der Waals surface area (Å²) in [4.78, 5) is 4.55. The van der Waals surface area contributed by atoms with E-state index < -0.39 is 0 Å². The first-order valence-electron chi connectivity index (χ1n) is 6.63. The summed E-state index contributed by atoms with van der Waals surface area (Å²) in [6.45, 7) is 4.64. The van der Waals surface area contributed by atoms with Crippen molar-refractivity contribution in [1.82, 2.24) is 5.43 Å². The second-order valence-electron chi connectivity index (χ2n) is 5.22. The Bertz CT molecular complexity index is 413. The number of hydrogen-bond acceptors (Lipinski definition) is 3. The largest absolute Gasteiger partial charge is 0.381 e. The van der Waals surface area contributed by atoms with Crippen LogP contribution in [0.4, 0.5) is 5.69 Å². The average Bonchev–Trinajstić information content (AvgIpc) is 2.45. The van der Waals surface area contributed by atoms with Crippen molar-refractivity contribution in [2.24, 2.45) is 16.3 Å². The van der Waals surface area contributed by atoms with Gasteiger partial charge in [-0.3, -0.25) is 10.4 Å². The highest BCUT2D eigenvalue weighted by atomic mass is 16.5. The maximum atomic E-state index is 5.51. The van der Waals surface area contributed by atoms with Gasteiger partial charge in [0.15, 0.2) is 0 Å². The first kappa shape index (κ1) is 13.8. The van der Waals surface area contributed by atoms with Crippen molar-refractivity contribution >= 4 is 11.6 Å². The van der Waals surface area contributed by atoms with E-state index in [1.54, 1.807) is 0 Å². The maximum absolute atomic E-state index is 5.51. The summed E-state index contributed by atoms with van der Waals surface area (Å²) in [7, 11) is 0. The smallest absolute Gasteiger partial charge is 0.210 e. The van der Waals surface area contributed by atoms with Crippen LogP contribution in [0.25, 0.3) is 0 Å². The van der Waals surface area contributed by atoms with Gasteiger partial charge in [0.05, 0.1) is 0 Å². The number of hydrogen-bond donors (Lipinski definition) is 3. The summed E-state index contributed by atoms with van der Waals surface area (Å²) in [5, 5.41) is 3.17. The van der Waals surface area contributed by atoms with Crippen LogP contribution in [0.1, 0.15) is 19.8 Å². The van der Waals surface area contributed by atoms with Crippen molar-refractivity contribution in [1.29, 1.82) is 0 Å². The van der Waals surface area contributed by atoms with Gasteiger partial charge in [0.2, 0.25) is 5.96 Å². The predicted octanol–water partition coefficient (Wildman–Crippen LogP) is 1.73. The number of benzene rings is 1. The summed E-state index contributed by atoms with van der Waals surface area (Å²) in [6, 6.07) is 9.86. The van der Waals surface area contributed by atoms with Crippen molar-refractivity contribution in [2.75, 3.05) is 25.1 Å². The lowest BCUT2D eigenvalue weighted by atomic mass is 9.83. The molecule has 19 heavy (non-hydrogen) atoms. The molecule has 0 aliphatic carbocycles. The number of aliphatic imine (C=N–C) groups is 1. The lowest BCUT2D eigenvalue weighted by Crippen LogP contribution is -2.38. The molecule has 0 bridgehead atoms. The monoisotopic (exact) mass is 262 g/mol. The Morgan fingerprint density at radius 1 is 1.32 bits per heavy atom. The first-order valence-corrected chi connectivity index (χ1v) is 6.63. The van der Waals surface area contributed by atoms with E-state index >= 15 is 0 Å². The van der Waals surface area contributed by atoms with Crippen LogP contribution in [-0.2, 0) is 4.74 Å². The van der Waals surface area contributed by atoms with Crippen molar-refractivity contribution in [3.05, 3.63) is 30.3 Å². The molecule has 5 heteroatoms. The van der Waals surface area contributed by atoms with Gasteiger partial charge in [-0.15, -0.1) is 0 Å². The zero-order valence-electron chi connectivity index (χ0n) is 11.4. The molecule has 1 saturated heterocycles. The maximum Gasteiger partial charge on any atom is 0.210 e. The molecule has 104 valence electrons. The molecule has 0 radical (unpaired) electrons. The van der Waals surface area contributed by atoms with Crippen molar-refractivity contribution in [3.8, 4) is 0 Å². The fraction of sp³-hybridized carbons (Fsp3) is 0.500. The third kappa shape index (κ3) is 4.22. The average molecular weight is 262 g/mol. The van der Waals surface area contributed by atoms with E-state index in [2.05, 4.69) is 22.7 Å². The fourth-order valence-electron chi connectivity index (χ4n) is 2.07. The van der Waals surface area contributed by atoms with E-state index in [-0.39, 0.29) is 5.41 Å². The molecule has 5 nitrogen and oxygen atoms in total. The minimum atomic E-state index is 0.207. The van der Waals surface area contributed by atoms with Crippen LogP contribution in [-0.4, -0.2) is 25.7 Å². The lowest BCUT2D eigenvalue weighted by molar-refractivity contribution is 0.0283. The van der Waals surface area contributed by atoms with E-state index in [1.165, 1.54) is 0 Å². The zero-order chi connectivity index (χ0) is 13.6. The van der Waals surface area contributed by atoms with Gasteiger partial charge in [-0.05, 0) is 30.4 Å². The third-order valence-electron chi connectivity index (χ3n) is 3.49. The van der Waals surface area contributed by atoms with Gasteiger partial charge in [-0.25, -0.2) is 5.84 Å². The zero-order valence-corrected chi connectivity index (χ0v) is 11.4. The van der Waals surface area contributed by atoms with E-state index in [0.29, 0.717) is 5.96 Å². The first-order chi connectivity index (χ1) is 9.22. The SMILES string of the molecule is CC1(CN=C(NN)Nc2ccccc2)CCOCC1. The quantitative estimate of drug-likeness (QED) is 0.336. The summed E-state index contributed by atoms with van der Waals surface area (Å²) in [5.74, 6) is 6.11. The topological polar surface area (TPSA) is 71.7 Å². The molecule has 0 saturated carbocycles. The van der Waals surface area contributed by atoms with Gasteiger partial charge >= 0.3 is 0 Å². The number of rotatable bonds is 3. The van der Waals surface area contributed by atoms with Crippen molar-refractivity contribution in [2.45, 2.75) is 19.8 Å². The molecule has 1 aromatic carbocycles. The lowest BCUT2D eigenvalue weighted by Gasteiger charge is -2.32. The second kappa shape index (κ2) is 6.54. The molecule has 1 fully saturated rings. The van der Waals surface area contributed by atoms with Gasteiger partial charge in [-0.1, -0.05) is 25.1 Å². The van der Waals surface area contributed by atoms with E-state index in [0.717, 1.165) is 38.3 Å². The van der Waals surface area contributed by atoms with Crippen molar-refractivity contribution in [3.63, 3.8) is 0 Å².